The first kappa shape index (κ1) is 10.2. The lowest BCUT2D eigenvalue weighted by Gasteiger charge is -2.10. The fourth-order valence-corrected chi connectivity index (χ4v) is 2.16. The molecule has 6 heteroatoms. The van der Waals surface area contributed by atoms with Crippen molar-refractivity contribution >= 4 is 11.0 Å². The van der Waals surface area contributed by atoms with E-state index in [1.165, 1.54) is 6.92 Å². The molecule has 6 nitrogen and oxygen atoms in total. The summed E-state index contributed by atoms with van der Waals surface area (Å²) in [6.07, 6.45) is 0. The molecule has 1 atom stereocenters. The van der Waals surface area contributed by atoms with Crippen LogP contribution in [-0.2, 0) is 17.1 Å². The number of fused-ring (bicyclic) bond motifs is 2. The minimum Gasteiger partial charge on any atom is -0.428 e. The van der Waals surface area contributed by atoms with Crippen molar-refractivity contribution in [2.24, 2.45) is 0 Å². The SMILES string of the molecule is C[C@]1(O)OCc2c1[n+](=O)c1ccccc1n2O. The van der Waals surface area contributed by atoms with Gasteiger partial charge >= 0.3 is 5.69 Å². The Morgan fingerprint density at radius 2 is 2.18 bits per heavy atom. The molecule has 0 aliphatic carbocycles. The van der Waals surface area contributed by atoms with E-state index in [-0.39, 0.29) is 23.5 Å². The maximum Gasteiger partial charge on any atom is 0.324 e. The lowest BCUT2D eigenvalue weighted by molar-refractivity contribution is -0.497. The van der Waals surface area contributed by atoms with Crippen LogP contribution in [0.25, 0.3) is 11.0 Å². The summed E-state index contributed by atoms with van der Waals surface area (Å²) >= 11 is 0. The second-order valence-corrected chi connectivity index (χ2v) is 4.16. The van der Waals surface area contributed by atoms with E-state index in [1.807, 2.05) is 0 Å². The third-order valence-electron chi connectivity index (χ3n) is 2.99. The molecule has 0 unspecified atom stereocenters. The standard InChI is InChI=1S/C11H11N2O4/c1-11(14)10-9(6-17-11)12(15)7-4-2-3-5-8(7)13(10)16/h2-5,14-15H,6H2,1H3/q+1/t11-/m0/s1. The van der Waals surface area contributed by atoms with Crippen molar-refractivity contribution in [3.8, 4) is 0 Å². The number of aromatic nitrogens is 2. The molecule has 0 spiro atoms. The first-order valence-corrected chi connectivity index (χ1v) is 5.17. The molecule has 3 rings (SSSR count). The van der Waals surface area contributed by atoms with Gasteiger partial charge in [0.1, 0.15) is 6.61 Å². The van der Waals surface area contributed by atoms with E-state index < -0.39 is 5.79 Å². The second kappa shape index (κ2) is 3.06. The molecule has 0 radical (unpaired) electrons. The van der Waals surface area contributed by atoms with E-state index in [0.717, 1.165) is 4.73 Å². The van der Waals surface area contributed by atoms with Crippen LogP contribution in [0.4, 0.5) is 0 Å². The molecule has 0 saturated carbocycles. The number of hydrogen-bond acceptors (Lipinski definition) is 4. The van der Waals surface area contributed by atoms with Gasteiger partial charge in [-0.25, -0.2) is 0 Å². The van der Waals surface area contributed by atoms with Crippen LogP contribution >= 0.6 is 0 Å². The van der Waals surface area contributed by atoms with Crippen LogP contribution in [0.2, 0.25) is 0 Å². The molecule has 2 aromatic rings. The molecule has 1 aliphatic heterocycles. The highest BCUT2D eigenvalue weighted by atomic mass is 16.6. The molecule has 0 amide bonds. The summed E-state index contributed by atoms with van der Waals surface area (Å²) in [5.74, 6) is -1.68. The molecule has 88 valence electrons. The number of nitrogens with zero attached hydrogens (tertiary/aromatic N) is 2. The molecule has 1 aromatic carbocycles. The Balaban J connectivity index is 2.54. The largest absolute Gasteiger partial charge is 0.428 e. The molecular formula is C11H11N2O4+. The lowest BCUT2D eigenvalue weighted by Crippen LogP contribution is -2.35. The molecule has 1 aromatic heterocycles. The van der Waals surface area contributed by atoms with Crippen molar-refractivity contribution in [1.82, 2.24) is 4.73 Å². The van der Waals surface area contributed by atoms with E-state index in [0.29, 0.717) is 9.94 Å². The Kier molecular flexibility index (Phi) is 1.84. The van der Waals surface area contributed by atoms with Gasteiger partial charge in [0.25, 0.3) is 11.3 Å². The highest BCUT2D eigenvalue weighted by Crippen LogP contribution is 2.31. The molecule has 2 heterocycles. The molecule has 2 N–H and O–H groups in total. The van der Waals surface area contributed by atoms with Gasteiger partial charge in [-0.05, 0) is 6.07 Å². The monoisotopic (exact) mass is 235 g/mol. The number of hydrogen-bond donors (Lipinski definition) is 2. The third kappa shape index (κ3) is 1.22. The summed E-state index contributed by atoms with van der Waals surface area (Å²) in [4.78, 5) is 12.1. The summed E-state index contributed by atoms with van der Waals surface area (Å²) in [7, 11) is 0. The van der Waals surface area contributed by atoms with Crippen molar-refractivity contribution in [3.63, 3.8) is 0 Å². The van der Waals surface area contributed by atoms with Gasteiger partial charge < -0.3 is 15.1 Å². The maximum absolute atomic E-state index is 12.1. The fourth-order valence-electron chi connectivity index (χ4n) is 2.16. The van der Waals surface area contributed by atoms with E-state index in [2.05, 4.69) is 0 Å². The van der Waals surface area contributed by atoms with Crippen molar-refractivity contribution < 1.29 is 19.5 Å². The summed E-state index contributed by atoms with van der Waals surface area (Å²) in [6.45, 7) is 1.37. The topological polar surface area (TPSA) is 77.6 Å². The number of rotatable bonds is 0. The van der Waals surface area contributed by atoms with Gasteiger partial charge in [0.05, 0.1) is 4.43 Å². The van der Waals surface area contributed by atoms with Crippen molar-refractivity contribution in [1.29, 1.82) is 0 Å². The summed E-state index contributed by atoms with van der Waals surface area (Å²) < 4.78 is 6.59. The van der Waals surface area contributed by atoms with E-state index >= 15 is 0 Å². The first-order valence-electron chi connectivity index (χ1n) is 5.17. The molecule has 0 bridgehead atoms. The number of aliphatic hydroxyl groups is 1. The van der Waals surface area contributed by atoms with E-state index in [9.17, 15) is 15.2 Å². The van der Waals surface area contributed by atoms with Gasteiger partial charge in [-0.2, -0.15) is 4.73 Å². The first-order chi connectivity index (χ1) is 8.02. The normalized spacial score (nSPS) is 22.9. The molecule has 0 fully saturated rings. The quantitative estimate of drug-likeness (QED) is 0.514. The molecule has 17 heavy (non-hydrogen) atoms. The van der Waals surface area contributed by atoms with Gasteiger partial charge in [0.15, 0.2) is 11.2 Å². The van der Waals surface area contributed by atoms with Crippen molar-refractivity contribution in [3.05, 3.63) is 40.6 Å². The zero-order valence-corrected chi connectivity index (χ0v) is 9.12. The Hall–Kier alpha value is -1.92. The minimum absolute atomic E-state index is 0.00803. The Bertz CT molecular complexity index is 675. The van der Waals surface area contributed by atoms with Crippen molar-refractivity contribution in [2.45, 2.75) is 19.3 Å². The average molecular weight is 235 g/mol. The van der Waals surface area contributed by atoms with Gasteiger partial charge in [0, 0.05) is 17.9 Å². The number of benzene rings is 1. The smallest absolute Gasteiger partial charge is 0.324 e. The Morgan fingerprint density at radius 1 is 1.47 bits per heavy atom. The zero-order chi connectivity index (χ0) is 12.2. The molecule has 0 saturated heterocycles. The minimum atomic E-state index is -1.68. The summed E-state index contributed by atoms with van der Waals surface area (Å²) in [5.41, 5.74) is 0.949. The Morgan fingerprint density at radius 3 is 2.94 bits per heavy atom. The van der Waals surface area contributed by atoms with Crippen LogP contribution in [0, 0.1) is 4.91 Å². The van der Waals surface area contributed by atoms with Gasteiger partial charge in [-0.3, -0.25) is 0 Å². The van der Waals surface area contributed by atoms with Crippen LogP contribution in [0.1, 0.15) is 18.3 Å². The van der Waals surface area contributed by atoms with E-state index in [4.69, 9.17) is 4.74 Å². The van der Waals surface area contributed by atoms with Gasteiger partial charge in [-0.1, -0.05) is 12.1 Å². The maximum atomic E-state index is 12.1. The highest BCUT2D eigenvalue weighted by Gasteiger charge is 2.46. The summed E-state index contributed by atoms with van der Waals surface area (Å²) in [6, 6.07) is 6.60. The van der Waals surface area contributed by atoms with Crippen LogP contribution in [0.5, 0.6) is 0 Å². The number of ether oxygens (including phenoxy) is 1. The van der Waals surface area contributed by atoms with Crippen LogP contribution < -0.4 is 4.43 Å². The zero-order valence-electron chi connectivity index (χ0n) is 9.12. The fraction of sp³-hybridized carbons (Fsp3) is 0.273. The number of para-hydroxylation sites is 2. The molecular weight excluding hydrogens is 224 g/mol. The summed E-state index contributed by atoms with van der Waals surface area (Å²) in [5, 5.41) is 19.9. The van der Waals surface area contributed by atoms with Crippen molar-refractivity contribution in [2.75, 3.05) is 0 Å². The predicted molar refractivity (Wildman–Crippen MR) is 56.8 cm³/mol. The predicted octanol–water partition coefficient (Wildman–Crippen LogP) is 0.488. The van der Waals surface area contributed by atoms with Gasteiger partial charge in [0.2, 0.25) is 0 Å². The van der Waals surface area contributed by atoms with Crippen LogP contribution in [0.3, 0.4) is 0 Å². The third-order valence-corrected chi connectivity index (χ3v) is 2.99. The lowest BCUT2D eigenvalue weighted by atomic mass is 10.2. The van der Waals surface area contributed by atoms with Crippen LogP contribution in [-0.4, -0.2) is 15.0 Å². The van der Waals surface area contributed by atoms with Gasteiger partial charge in [-0.15, -0.1) is 0 Å². The van der Waals surface area contributed by atoms with Crippen LogP contribution in [0.15, 0.2) is 24.3 Å². The van der Waals surface area contributed by atoms with E-state index in [1.54, 1.807) is 24.3 Å². The second-order valence-electron chi connectivity index (χ2n) is 4.16. The molecule has 1 aliphatic rings. The Labute approximate surface area is 95.9 Å². The highest BCUT2D eigenvalue weighted by molar-refractivity contribution is 5.71. The average Bonchev–Trinajstić information content (AvgIpc) is 2.63.